The van der Waals surface area contributed by atoms with Gasteiger partial charge in [0.15, 0.2) is 0 Å². The van der Waals surface area contributed by atoms with Crippen LogP contribution in [0.3, 0.4) is 0 Å². The maximum atomic E-state index is 13.5. The highest BCUT2D eigenvalue weighted by atomic mass is 79.9. The monoisotopic (exact) mass is 459 g/mol. The van der Waals surface area contributed by atoms with Crippen LogP contribution >= 0.6 is 15.9 Å². The SMILES string of the molecule is O=C1C(=O)N(CC2CCCO2)C(c2ccc(F)cc2)/C1=C(/O)c1ccc(Br)cc1. The third-order valence-corrected chi connectivity index (χ3v) is 5.80. The molecule has 0 aromatic heterocycles. The maximum Gasteiger partial charge on any atom is 0.295 e. The van der Waals surface area contributed by atoms with Crippen molar-refractivity contribution < 1.29 is 23.8 Å². The molecule has 1 amide bonds. The molecular weight excluding hydrogens is 441 g/mol. The van der Waals surface area contributed by atoms with E-state index in [0.29, 0.717) is 17.7 Å². The summed E-state index contributed by atoms with van der Waals surface area (Å²) >= 11 is 3.34. The number of benzene rings is 2. The molecule has 2 aliphatic heterocycles. The van der Waals surface area contributed by atoms with Gasteiger partial charge in [-0.2, -0.15) is 0 Å². The highest BCUT2D eigenvalue weighted by molar-refractivity contribution is 9.10. The summed E-state index contributed by atoms with van der Waals surface area (Å²) in [7, 11) is 0. The van der Waals surface area contributed by atoms with Crippen molar-refractivity contribution in [2.45, 2.75) is 25.0 Å². The molecule has 5 nitrogen and oxygen atoms in total. The standard InChI is InChI=1S/C22H19BrFNO4/c23-15-7-3-14(4-8-15)20(26)18-19(13-5-9-16(24)10-6-13)25(22(28)21(18)27)12-17-2-1-11-29-17/h3-10,17,19,26H,1-2,11-12H2/b20-18-. The Hall–Kier alpha value is -2.51. The highest BCUT2D eigenvalue weighted by Crippen LogP contribution is 2.40. The van der Waals surface area contributed by atoms with Crippen molar-refractivity contribution in [1.29, 1.82) is 0 Å². The van der Waals surface area contributed by atoms with E-state index in [1.165, 1.54) is 29.2 Å². The van der Waals surface area contributed by atoms with E-state index in [1.807, 2.05) is 0 Å². The third kappa shape index (κ3) is 3.84. The Balaban J connectivity index is 1.81. The molecule has 2 aromatic rings. The fourth-order valence-electron chi connectivity index (χ4n) is 3.83. The van der Waals surface area contributed by atoms with Crippen LogP contribution in [0.4, 0.5) is 4.39 Å². The van der Waals surface area contributed by atoms with Crippen LogP contribution in [0.5, 0.6) is 0 Å². The van der Waals surface area contributed by atoms with Crippen molar-refractivity contribution in [3.8, 4) is 0 Å². The molecule has 2 aliphatic rings. The Kier molecular flexibility index (Phi) is 5.52. The number of carbonyl (C=O) groups is 2. The Bertz CT molecular complexity index is 965. The van der Waals surface area contributed by atoms with Gasteiger partial charge in [0.1, 0.15) is 11.6 Å². The molecule has 1 N–H and O–H groups in total. The number of aliphatic hydroxyl groups excluding tert-OH is 1. The van der Waals surface area contributed by atoms with Gasteiger partial charge < -0.3 is 14.7 Å². The zero-order valence-corrected chi connectivity index (χ0v) is 17.1. The smallest absolute Gasteiger partial charge is 0.295 e. The van der Waals surface area contributed by atoms with Gasteiger partial charge in [0.05, 0.1) is 17.7 Å². The van der Waals surface area contributed by atoms with Crippen LogP contribution in [-0.2, 0) is 14.3 Å². The number of likely N-dealkylation sites (tertiary alicyclic amines) is 1. The summed E-state index contributed by atoms with van der Waals surface area (Å²) < 4.78 is 19.9. The molecule has 0 spiro atoms. The van der Waals surface area contributed by atoms with Crippen LogP contribution in [0.25, 0.3) is 5.76 Å². The number of nitrogens with zero attached hydrogens (tertiary/aromatic N) is 1. The predicted molar refractivity (Wildman–Crippen MR) is 109 cm³/mol. The van der Waals surface area contributed by atoms with Crippen molar-refractivity contribution >= 4 is 33.4 Å². The van der Waals surface area contributed by atoms with E-state index in [4.69, 9.17) is 4.74 Å². The van der Waals surface area contributed by atoms with Gasteiger partial charge in [-0.25, -0.2) is 4.39 Å². The number of amides is 1. The summed E-state index contributed by atoms with van der Waals surface area (Å²) in [5.41, 5.74) is 0.986. The minimum atomic E-state index is -0.802. The summed E-state index contributed by atoms with van der Waals surface area (Å²) in [6, 6.07) is 11.6. The van der Waals surface area contributed by atoms with Crippen molar-refractivity contribution in [2.75, 3.05) is 13.2 Å². The zero-order chi connectivity index (χ0) is 20.5. The molecule has 2 unspecified atom stereocenters. The second kappa shape index (κ2) is 8.08. The van der Waals surface area contributed by atoms with E-state index in [9.17, 15) is 19.1 Å². The van der Waals surface area contributed by atoms with Gasteiger partial charge >= 0.3 is 0 Å². The summed E-state index contributed by atoms with van der Waals surface area (Å²) in [4.78, 5) is 27.2. The average Bonchev–Trinajstić information content (AvgIpc) is 3.31. The minimum absolute atomic E-state index is 0.00178. The van der Waals surface area contributed by atoms with Crippen molar-refractivity contribution in [3.63, 3.8) is 0 Å². The first-order valence-corrected chi connectivity index (χ1v) is 10.2. The van der Waals surface area contributed by atoms with Crippen molar-refractivity contribution in [3.05, 3.63) is 75.5 Å². The second-order valence-electron chi connectivity index (χ2n) is 7.14. The molecule has 2 heterocycles. The minimum Gasteiger partial charge on any atom is -0.507 e. The number of hydrogen-bond acceptors (Lipinski definition) is 4. The average molecular weight is 460 g/mol. The van der Waals surface area contributed by atoms with E-state index < -0.39 is 23.5 Å². The number of ketones is 1. The fourth-order valence-corrected chi connectivity index (χ4v) is 4.10. The first-order chi connectivity index (χ1) is 14.0. The summed E-state index contributed by atoms with van der Waals surface area (Å²) in [5, 5.41) is 10.9. The molecule has 0 bridgehead atoms. The lowest BCUT2D eigenvalue weighted by Crippen LogP contribution is -2.36. The van der Waals surface area contributed by atoms with Crippen LogP contribution in [0.2, 0.25) is 0 Å². The van der Waals surface area contributed by atoms with E-state index in [2.05, 4.69) is 15.9 Å². The molecule has 4 rings (SSSR count). The van der Waals surface area contributed by atoms with E-state index in [0.717, 1.165) is 17.3 Å². The quantitative estimate of drug-likeness (QED) is 0.422. The molecule has 2 saturated heterocycles. The Morgan fingerprint density at radius 2 is 1.83 bits per heavy atom. The van der Waals surface area contributed by atoms with Crippen molar-refractivity contribution in [1.82, 2.24) is 4.90 Å². The first-order valence-electron chi connectivity index (χ1n) is 9.37. The van der Waals surface area contributed by atoms with Gasteiger partial charge in [-0.3, -0.25) is 9.59 Å². The molecule has 29 heavy (non-hydrogen) atoms. The molecular formula is C22H19BrFNO4. The Morgan fingerprint density at radius 1 is 1.14 bits per heavy atom. The number of hydrogen-bond donors (Lipinski definition) is 1. The summed E-state index contributed by atoms with van der Waals surface area (Å²) in [5.74, 6) is -2.11. The van der Waals surface area contributed by atoms with Crippen LogP contribution in [0, 0.1) is 5.82 Å². The molecule has 2 aromatic carbocycles. The first kappa shape index (κ1) is 19.8. The number of rotatable bonds is 4. The number of Topliss-reactive ketones (excluding diaryl/α,β-unsaturated/α-hetero) is 1. The highest BCUT2D eigenvalue weighted by Gasteiger charge is 2.47. The normalized spacial score (nSPS) is 23.7. The van der Waals surface area contributed by atoms with Crippen LogP contribution in [0.1, 0.15) is 30.0 Å². The topological polar surface area (TPSA) is 66.8 Å². The largest absolute Gasteiger partial charge is 0.507 e. The summed E-state index contributed by atoms with van der Waals surface area (Å²) in [6.07, 6.45) is 1.53. The second-order valence-corrected chi connectivity index (χ2v) is 8.06. The molecule has 7 heteroatoms. The molecule has 150 valence electrons. The summed E-state index contributed by atoms with van der Waals surface area (Å²) in [6.45, 7) is 0.860. The van der Waals surface area contributed by atoms with Gasteiger partial charge in [0, 0.05) is 23.2 Å². The van der Waals surface area contributed by atoms with Crippen LogP contribution in [-0.4, -0.2) is 41.0 Å². The number of aliphatic hydroxyl groups is 1. The molecule has 2 fully saturated rings. The van der Waals surface area contributed by atoms with Gasteiger partial charge in [-0.15, -0.1) is 0 Å². The number of ether oxygens (including phenoxy) is 1. The number of carbonyl (C=O) groups excluding carboxylic acids is 2. The Labute approximate surface area is 175 Å². The lowest BCUT2D eigenvalue weighted by atomic mass is 9.95. The number of halogens is 2. The van der Waals surface area contributed by atoms with E-state index in [-0.39, 0.29) is 24.0 Å². The van der Waals surface area contributed by atoms with Gasteiger partial charge in [0.2, 0.25) is 0 Å². The predicted octanol–water partition coefficient (Wildman–Crippen LogP) is 4.19. The Morgan fingerprint density at radius 3 is 2.45 bits per heavy atom. The molecule has 0 aliphatic carbocycles. The van der Waals surface area contributed by atoms with Crippen LogP contribution < -0.4 is 0 Å². The van der Waals surface area contributed by atoms with Gasteiger partial charge in [-0.05, 0) is 42.7 Å². The van der Waals surface area contributed by atoms with Gasteiger partial charge in [-0.1, -0.05) is 40.2 Å². The van der Waals surface area contributed by atoms with Crippen molar-refractivity contribution in [2.24, 2.45) is 0 Å². The van der Waals surface area contributed by atoms with Crippen LogP contribution in [0.15, 0.2) is 58.6 Å². The van der Waals surface area contributed by atoms with Gasteiger partial charge in [0.25, 0.3) is 11.7 Å². The van der Waals surface area contributed by atoms with E-state index in [1.54, 1.807) is 24.3 Å². The molecule has 0 saturated carbocycles. The molecule has 2 atom stereocenters. The fraction of sp³-hybridized carbons (Fsp3) is 0.273. The lowest BCUT2D eigenvalue weighted by molar-refractivity contribution is -0.140. The molecule has 0 radical (unpaired) electrons. The lowest BCUT2D eigenvalue weighted by Gasteiger charge is -2.27. The third-order valence-electron chi connectivity index (χ3n) is 5.27. The zero-order valence-electron chi connectivity index (χ0n) is 15.5. The maximum absolute atomic E-state index is 13.5. The van der Waals surface area contributed by atoms with E-state index >= 15 is 0 Å².